The lowest BCUT2D eigenvalue weighted by molar-refractivity contribution is -0.0695. The van der Waals surface area contributed by atoms with Crippen LogP contribution in [0.4, 0.5) is 0 Å². The third kappa shape index (κ3) is 2.88. The van der Waals surface area contributed by atoms with Crippen molar-refractivity contribution in [3.63, 3.8) is 0 Å². The van der Waals surface area contributed by atoms with Crippen LogP contribution in [0.15, 0.2) is 18.2 Å². The number of nitrogens with one attached hydrogen (secondary N) is 1. The fraction of sp³-hybridized carbons (Fsp3) is 0.600. The first-order valence-corrected chi connectivity index (χ1v) is 6.47. The summed E-state index contributed by atoms with van der Waals surface area (Å²) in [7, 11) is 1.83. The van der Waals surface area contributed by atoms with Crippen LogP contribution in [0.25, 0.3) is 0 Å². The van der Waals surface area contributed by atoms with Gasteiger partial charge in [0, 0.05) is 20.2 Å². The maximum absolute atomic E-state index is 5.60. The monoisotopic (exact) mass is 233 g/mol. The van der Waals surface area contributed by atoms with Crippen molar-refractivity contribution < 1.29 is 4.74 Å². The lowest BCUT2D eigenvalue weighted by atomic mass is 9.80. The van der Waals surface area contributed by atoms with Crippen LogP contribution in [0, 0.1) is 13.8 Å². The van der Waals surface area contributed by atoms with Gasteiger partial charge in [-0.1, -0.05) is 23.8 Å². The van der Waals surface area contributed by atoms with E-state index in [4.69, 9.17) is 4.74 Å². The molecule has 0 unspecified atom stereocenters. The molecule has 0 bridgehead atoms. The molecule has 1 aromatic carbocycles. The standard InChI is InChI=1S/C15H23NO/c1-12-5-6-14(13(2)9-12)10-16-11-15(17-3)7-4-8-15/h5-6,9,16H,4,7-8,10-11H2,1-3H3. The summed E-state index contributed by atoms with van der Waals surface area (Å²) >= 11 is 0. The highest BCUT2D eigenvalue weighted by Crippen LogP contribution is 2.34. The van der Waals surface area contributed by atoms with Gasteiger partial charge in [0.25, 0.3) is 0 Å². The number of hydrogen-bond donors (Lipinski definition) is 1. The molecule has 1 aromatic rings. The van der Waals surface area contributed by atoms with E-state index >= 15 is 0 Å². The van der Waals surface area contributed by atoms with Gasteiger partial charge in [0.05, 0.1) is 5.60 Å². The molecule has 2 heteroatoms. The molecule has 0 heterocycles. The quantitative estimate of drug-likeness (QED) is 0.844. The highest BCUT2D eigenvalue weighted by Gasteiger charge is 2.36. The Morgan fingerprint density at radius 1 is 1.29 bits per heavy atom. The molecule has 1 saturated carbocycles. The lowest BCUT2D eigenvalue weighted by Gasteiger charge is -2.40. The zero-order valence-corrected chi connectivity index (χ0v) is 11.2. The summed E-state index contributed by atoms with van der Waals surface area (Å²) in [5, 5.41) is 3.53. The molecule has 0 radical (unpaired) electrons. The molecule has 1 aliphatic carbocycles. The van der Waals surface area contributed by atoms with Crippen molar-refractivity contribution in [1.29, 1.82) is 0 Å². The van der Waals surface area contributed by atoms with Crippen LogP contribution < -0.4 is 5.32 Å². The fourth-order valence-corrected chi connectivity index (χ4v) is 2.49. The van der Waals surface area contributed by atoms with Gasteiger partial charge in [-0.2, -0.15) is 0 Å². The Bertz CT molecular complexity index is 377. The molecule has 0 atom stereocenters. The van der Waals surface area contributed by atoms with Crippen molar-refractivity contribution in [2.75, 3.05) is 13.7 Å². The minimum atomic E-state index is 0.124. The van der Waals surface area contributed by atoms with Gasteiger partial charge in [0.15, 0.2) is 0 Å². The lowest BCUT2D eigenvalue weighted by Crippen LogP contribution is -2.47. The normalized spacial score (nSPS) is 17.8. The molecule has 1 N–H and O–H groups in total. The summed E-state index contributed by atoms with van der Waals surface area (Å²) < 4.78 is 5.60. The molecule has 0 saturated heterocycles. The Hall–Kier alpha value is -0.860. The SMILES string of the molecule is COC1(CNCc2ccc(C)cc2C)CCC1. The number of hydrogen-bond acceptors (Lipinski definition) is 2. The van der Waals surface area contributed by atoms with Crippen LogP contribution >= 0.6 is 0 Å². The summed E-state index contributed by atoms with van der Waals surface area (Å²) in [5.41, 5.74) is 4.22. The van der Waals surface area contributed by atoms with Crippen LogP contribution in [-0.2, 0) is 11.3 Å². The molecule has 2 rings (SSSR count). The smallest absolute Gasteiger partial charge is 0.0802 e. The van der Waals surface area contributed by atoms with Crippen molar-refractivity contribution in [2.24, 2.45) is 0 Å². The van der Waals surface area contributed by atoms with Crippen LogP contribution in [0.3, 0.4) is 0 Å². The van der Waals surface area contributed by atoms with E-state index in [2.05, 4.69) is 37.4 Å². The first kappa shape index (κ1) is 12.6. The van der Waals surface area contributed by atoms with Gasteiger partial charge in [0.2, 0.25) is 0 Å². The number of benzene rings is 1. The number of ether oxygens (including phenoxy) is 1. The Balaban J connectivity index is 1.85. The van der Waals surface area contributed by atoms with Gasteiger partial charge in [-0.25, -0.2) is 0 Å². The second kappa shape index (κ2) is 5.19. The molecule has 17 heavy (non-hydrogen) atoms. The molecular weight excluding hydrogens is 210 g/mol. The Labute approximate surface area is 104 Å². The maximum Gasteiger partial charge on any atom is 0.0802 e. The van der Waals surface area contributed by atoms with E-state index in [1.54, 1.807) is 0 Å². The highest BCUT2D eigenvalue weighted by molar-refractivity contribution is 5.30. The summed E-state index contributed by atoms with van der Waals surface area (Å²) in [4.78, 5) is 0. The van der Waals surface area contributed by atoms with Gasteiger partial charge >= 0.3 is 0 Å². The summed E-state index contributed by atoms with van der Waals surface area (Å²) in [6.07, 6.45) is 3.70. The second-order valence-electron chi connectivity index (χ2n) is 5.27. The number of rotatable bonds is 5. The van der Waals surface area contributed by atoms with E-state index in [0.29, 0.717) is 0 Å². The fourth-order valence-electron chi connectivity index (χ4n) is 2.49. The predicted molar refractivity (Wildman–Crippen MR) is 71.2 cm³/mol. The molecule has 0 aromatic heterocycles. The molecule has 2 nitrogen and oxygen atoms in total. The zero-order chi connectivity index (χ0) is 12.3. The van der Waals surface area contributed by atoms with E-state index < -0.39 is 0 Å². The van der Waals surface area contributed by atoms with Crippen LogP contribution in [0.5, 0.6) is 0 Å². The van der Waals surface area contributed by atoms with Crippen molar-refractivity contribution in [3.8, 4) is 0 Å². The van der Waals surface area contributed by atoms with E-state index in [9.17, 15) is 0 Å². The minimum Gasteiger partial charge on any atom is -0.377 e. The van der Waals surface area contributed by atoms with Crippen LogP contribution in [0.1, 0.15) is 36.0 Å². The largest absolute Gasteiger partial charge is 0.377 e. The van der Waals surface area contributed by atoms with Crippen molar-refractivity contribution in [3.05, 3.63) is 34.9 Å². The molecule has 1 fully saturated rings. The van der Waals surface area contributed by atoms with E-state index in [-0.39, 0.29) is 5.60 Å². The Morgan fingerprint density at radius 2 is 2.06 bits per heavy atom. The van der Waals surface area contributed by atoms with Crippen LogP contribution in [-0.4, -0.2) is 19.3 Å². The average molecular weight is 233 g/mol. The first-order valence-electron chi connectivity index (χ1n) is 6.47. The second-order valence-corrected chi connectivity index (χ2v) is 5.27. The summed E-state index contributed by atoms with van der Waals surface area (Å²) in [6, 6.07) is 6.64. The van der Waals surface area contributed by atoms with Gasteiger partial charge in [-0.15, -0.1) is 0 Å². The van der Waals surface area contributed by atoms with Gasteiger partial charge < -0.3 is 10.1 Å². The number of aryl methyl sites for hydroxylation is 2. The van der Waals surface area contributed by atoms with Crippen LogP contribution in [0.2, 0.25) is 0 Å². The maximum atomic E-state index is 5.60. The number of methoxy groups -OCH3 is 1. The summed E-state index contributed by atoms with van der Waals surface area (Å²) in [6.45, 7) is 6.23. The molecule has 0 aliphatic heterocycles. The van der Waals surface area contributed by atoms with Crippen molar-refractivity contribution in [1.82, 2.24) is 5.32 Å². The predicted octanol–water partition coefficient (Wildman–Crippen LogP) is 2.96. The Kier molecular flexibility index (Phi) is 3.85. The van der Waals surface area contributed by atoms with Gasteiger partial charge in [-0.3, -0.25) is 0 Å². The van der Waals surface area contributed by atoms with E-state index in [1.165, 1.54) is 36.0 Å². The van der Waals surface area contributed by atoms with Crippen molar-refractivity contribution in [2.45, 2.75) is 45.3 Å². The van der Waals surface area contributed by atoms with E-state index in [0.717, 1.165) is 13.1 Å². The van der Waals surface area contributed by atoms with Crippen molar-refractivity contribution >= 4 is 0 Å². The molecular formula is C15H23NO. The minimum absolute atomic E-state index is 0.124. The molecule has 1 aliphatic rings. The van der Waals surface area contributed by atoms with Gasteiger partial charge in [0.1, 0.15) is 0 Å². The first-order chi connectivity index (χ1) is 8.15. The third-order valence-electron chi connectivity index (χ3n) is 3.96. The summed E-state index contributed by atoms with van der Waals surface area (Å²) in [5.74, 6) is 0. The van der Waals surface area contributed by atoms with E-state index in [1.807, 2.05) is 7.11 Å². The highest BCUT2D eigenvalue weighted by atomic mass is 16.5. The molecule has 0 spiro atoms. The zero-order valence-electron chi connectivity index (χ0n) is 11.2. The topological polar surface area (TPSA) is 21.3 Å². The Morgan fingerprint density at radius 3 is 2.59 bits per heavy atom. The van der Waals surface area contributed by atoms with Gasteiger partial charge in [-0.05, 0) is 44.2 Å². The molecule has 94 valence electrons. The third-order valence-corrected chi connectivity index (χ3v) is 3.96. The molecule has 0 amide bonds. The average Bonchev–Trinajstić information content (AvgIpc) is 2.25.